The summed E-state index contributed by atoms with van der Waals surface area (Å²) in [5, 5.41) is 0. The van der Waals surface area contributed by atoms with E-state index in [1.54, 1.807) is 31.0 Å². The van der Waals surface area contributed by atoms with Crippen molar-refractivity contribution >= 4 is 23.4 Å². The highest BCUT2D eigenvalue weighted by molar-refractivity contribution is 6.00. The van der Waals surface area contributed by atoms with E-state index >= 15 is 0 Å². The third kappa shape index (κ3) is 4.20. The van der Waals surface area contributed by atoms with Gasteiger partial charge in [0.1, 0.15) is 5.82 Å². The molecule has 2 rings (SSSR count). The van der Waals surface area contributed by atoms with Crippen LogP contribution in [0.15, 0.2) is 18.2 Å². The zero-order valence-corrected chi connectivity index (χ0v) is 15.8. The molecule has 0 saturated carbocycles. The fourth-order valence-corrected chi connectivity index (χ4v) is 3.21. The number of aryl methyl sites for hydroxylation is 1. The zero-order valence-electron chi connectivity index (χ0n) is 15.8. The Balaban J connectivity index is 2.05. The second-order valence-corrected chi connectivity index (χ2v) is 6.62. The number of likely N-dealkylation sites (N-methyl/N-ethyl adjacent to an activating group) is 2. The molecule has 1 unspecified atom stereocenters. The Labute approximate surface area is 153 Å². The van der Waals surface area contributed by atoms with E-state index in [1.807, 2.05) is 13.8 Å². The lowest BCUT2D eigenvalue weighted by Gasteiger charge is -2.25. The maximum Gasteiger partial charge on any atom is 0.242 e. The van der Waals surface area contributed by atoms with Crippen LogP contribution in [0.2, 0.25) is 0 Å². The molecular weight excluding hydrogens is 337 g/mol. The topological polar surface area (TPSA) is 60.9 Å². The number of halogens is 1. The van der Waals surface area contributed by atoms with Gasteiger partial charge in [0.25, 0.3) is 0 Å². The van der Waals surface area contributed by atoms with Crippen LogP contribution < -0.4 is 4.90 Å². The van der Waals surface area contributed by atoms with Crippen LogP contribution in [-0.2, 0) is 14.4 Å². The lowest BCUT2D eigenvalue weighted by molar-refractivity contribution is -0.141. The summed E-state index contributed by atoms with van der Waals surface area (Å²) in [7, 11) is 1.56. The maximum absolute atomic E-state index is 14.2. The molecule has 0 radical (unpaired) electrons. The molecule has 0 aromatic heterocycles. The Bertz CT molecular complexity index is 703. The van der Waals surface area contributed by atoms with Gasteiger partial charge in [-0.15, -0.1) is 0 Å². The highest BCUT2D eigenvalue weighted by atomic mass is 19.1. The van der Waals surface area contributed by atoms with E-state index in [9.17, 15) is 18.8 Å². The minimum absolute atomic E-state index is 0.0237. The van der Waals surface area contributed by atoms with Gasteiger partial charge in [0.05, 0.1) is 18.2 Å². The number of hydrogen-bond acceptors (Lipinski definition) is 3. The lowest BCUT2D eigenvalue weighted by atomic mass is 10.1. The average Bonchev–Trinajstić information content (AvgIpc) is 2.96. The van der Waals surface area contributed by atoms with Crippen molar-refractivity contribution in [2.75, 3.05) is 38.1 Å². The van der Waals surface area contributed by atoms with Crippen molar-refractivity contribution in [2.24, 2.45) is 5.92 Å². The molecular formula is C19H26FN3O3. The predicted molar refractivity (Wildman–Crippen MR) is 97.2 cm³/mol. The summed E-state index contributed by atoms with van der Waals surface area (Å²) < 4.78 is 14.2. The molecule has 1 aromatic rings. The molecule has 1 aromatic carbocycles. The highest BCUT2D eigenvalue weighted by Crippen LogP contribution is 2.28. The molecule has 0 N–H and O–H groups in total. The van der Waals surface area contributed by atoms with E-state index in [0.29, 0.717) is 13.1 Å². The molecule has 1 heterocycles. The average molecular weight is 363 g/mol. The molecule has 1 atom stereocenters. The summed E-state index contributed by atoms with van der Waals surface area (Å²) >= 11 is 0. The summed E-state index contributed by atoms with van der Waals surface area (Å²) in [6.45, 7) is 6.80. The molecule has 3 amide bonds. The van der Waals surface area contributed by atoms with Gasteiger partial charge >= 0.3 is 0 Å². The van der Waals surface area contributed by atoms with Gasteiger partial charge in [0.15, 0.2) is 0 Å². The minimum Gasteiger partial charge on any atom is -0.342 e. The molecule has 7 heteroatoms. The molecule has 1 saturated heterocycles. The largest absolute Gasteiger partial charge is 0.342 e. The van der Waals surface area contributed by atoms with Gasteiger partial charge in [0, 0.05) is 33.1 Å². The van der Waals surface area contributed by atoms with Gasteiger partial charge < -0.3 is 14.7 Å². The third-order valence-corrected chi connectivity index (χ3v) is 4.73. The number of nitrogens with zero attached hydrogens (tertiary/aromatic N) is 3. The smallest absolute Gasteiger partial charge is 0.242 e. The van der Waals surface area contributed by atoms with Gasteiger partial charge in [-0.3, -0.25) is 14.4 Å². The van der Waals surface area contributed by atoms with Gasteiger partial charge in [-0.1, -0.05) is 6.07 Å². The first-order valence-electron chi connectivity index (χ1n) is 8.87. The van der Waals surface area contributed by atoms with Gasteiger partial charge in [-0.25, -0.2) is 4.39 Å². The van der Waals surface area contributed by atoms with E-state index in [4.69, 9.17) is 0 Å². The van der Waals surface area contributed by atoms with Crippen LogP contribution in [0, 0.1) is 18.7 Å². The first-order valence-corrected chi connectivity index (χ1v) is 8.87. The van der Waals surface area contributed by atoms with Gasteiger partial charge in [-0.05, 0) is 38.5 Å². The predicted octanol–water partition coefficient (Wildman–Crippen LogP) is 1.81. The van der Waals surface area contributed by atoms with Crippen LogP contribution in [-0.4, -0.2) is 60.7 Å². The van der Waals surface area contributed by atoms with Gasteiger partial charge in [0.2, 0.25) is 17.7 Å². The summed E-state index contributed by atoms with van der Waals surface area (Å²) in [5.41, 5.74) is 0.956. The normalized spacial score (nSPS) is 16.7. The number of carbonyl (C=O) groups is 3. The SMILES string of the molecule is CCN(CC)C(=O)CN(C)C(=O)C1CC(=O)N(c2ccc(C)cc2F)C1. The Morgan fingerprint density at radius 3 is 2.50 bits per heavy atom. The summed E-state index contributed by atoms with van der Waals surface area (Å²) in [6.07, 6.45) is 0.0238. The Kier molecular flexibility index (Phi) is 6.34. The van der Waals surface area contributed by atoms with E-state index < -0.39 is 11.7 Å². The van der Waals surface area contributed by atoms with Gasteiger partial charge in [-0.2, -0.15) is 0 Å². The van der Waals surface area contributed by atoms with Crippen LogP contribution in [0.5, 0.6) is 0 Å². The van der Waals surface area contributed by atoms with Crippen molar-refractivity contribution in [2.45, 2.75) is 27.2 Å². The van der Waals surface area contributed by atoms with E-state index in [2.05, 4.69) is 0 Å². The Morgan fingerprint density at radius 2 is 1.92 bits per heavy atom. The van der Waals surface area contributed by atoms with Crippen molar-refractivity contribution in [1.29, 1.82) is 0 Å². The van der Waals surface area contributed by atoms with Crippen molar-refractivity contribution in [1.82, 2.24) is 9.80 Å². The van der Waals surface area contributed by atoms with Crippen LogP contribution in [0.1, 0.15) is 25.8 Å². The second-order valence-electron chi connectivity index (χ2n) is 6.62. The fourth-order valence-electron chi connectivity index (χ4n) is 3.21. The zero-order chi connectivity index (χ0) is 19.4. The number of carbonyl (C=O) groups excluding carboxylic acids is 3. The van der Waals surface area contributed by atoms with Crippen molar-refractivity contribution < 1.29 is 18.8 Å². The minimum atomic E-state index is -0.572. The molecule has 1 aliphatic rings. The van der Waals surface area contributed by atoms with Crippen molar-refractivity contribution in [3.63, 3.8) is 0 Å². The monoisotopic (exact) mass is 363 g/mol. The van der Waals surface area contributed by atoms with E-state index in [1.165, 1.54) is 15.9 Å². The van der Waals surface area contributed by atoms with Crippen molar-refractivity contribution in [3.8, 4) is 0 Å². The molecule has 1 aliphatic heterocycles. The quantitative estimate of drug-likeness (QED) is 0.775. The fraction of sp³-hybridized carbons (Fsp3) is 0.526. The first-order chi connectivity index (χ1) is 12.3. The number of rotatable bonds is 6. The Hall–Kier alpha value is -2.44. The van der Waals surface area contributed by atoms with Crippen LogP contribution in [0.3, 0.4) is 0 Å². The number of hydrogen-bond donors (Lipinski definition) is 0. The van der Waals surface area contributed by atoms with E-state index in [-0.39, 0.29) is 42.9 Å². The summed E-state index contributed by atoms with van der Waals surface area (Å²) in [6, 6.07) is 4.66. The standard InChI is InChI=1S/C19H26FN3O3/c1-5-22(6-2)18(25)12-21(4)19(26)14-10-17(24)23(11-14)16-8-7-13(3)9-15(16)20/h7-9,14H,5-6,10-12H2,1-4H3. The highest BCUT2D eigenvalue weighted by Gasteiger charge is 2.37. The van der Waals surface area contributed by atoms with Crippen LogP contribution >= 0.6 is 0 Å². The molecule has 0 spiro atoms. The summed E-state index contributed by atoms with van der Waals surface area (Å²) in [4.78, 5) is 41.4. The molecule has 0 aliphatic carbocycles. The molecule has 26 heavy (non-hydrogen) atoms. The van der Waals surface area contributed by atoms with Crippen molar-refractivity contribution in [3.05, 3.63) is 29.6 Å². The molecule has 142 valence electrons. The first kappa shape index (κ1) is 19.9. The number of amides is 3. The van der Waals surface area contributed by atoms with E-state index in [0.717, 1.165) is 5.56 Å². The second kappa shape index (κ2) is 8.29. The van der Waals surface area contributed by atoms with Crippen LogP contribution in [0.25, 0.3) is 0 Å². The molecule has 1 fully saturated rings. The third-order valence-electron chi connectivity index (χ3n) is 4.73. The number of benzene rings is 1. The summed E-state index contributed by atoms with van der Waals surface area (Å²) in [5.74, 6) is -1.73. The maximum atomic E-state index is 14.2. The lowest BCUT2D eigenvalue weighted by Crippen LogP contribution is -2.43. The van der Waals surface area contributed by atoms with Crippen LogP contribution in [0.4, 0.5) is 10.1 Å². The number of anilines is 1. The molecule has 0 bridgehead atoms. The molecule has 6 nitrogen and oxygen atoms in total. The Morgan fingerprint density at radius 1 is 1.27 bits per heavy atom.